The molecule has 1 amide bonds. The van der Waals surface area contributed by atoms with Gasteiger partial charge in [0.2, 0.25) is 0 Å². The van der Waals surface area contributed by atoms with Crippen LogP contribution in [0.15, 0.2) is 36.5 Å². The maximum atomic E-state index is 12.6. The number of aromatic nitrogens is 1. The highest BCUT2D eigenvalue weighted by molar-refractivity contribution is 6.05. The SMILES string of the molecule is Cc1ccc(C(=O)Nc2cccnc2N2CCC(CO)CC2)cc1C. The lowest BCUT2D eigenvalue weighted by molar-refractivity contribution is 0.102. The third kappa shape index (κ3) is 3.99. The van der Waals surface area contributed by atoms with Crippen molar-refractivity contribution in [1.29, 1.82) is 0 Å². The molecule has 132 valence electrons. The summed E-state index contributed by atoms with van der Waals surface area (Å²) in [5.41, 5.74) is 3.65. The molecule has 5 heteroatoms. The zero-order chi connectivity index (χ0) is 17.8. The third-order valence-corrected chi connectivity index (χ3v) is 4.98. The Hall–Kier alpha value is -2.40. The molecule has 2 heterocycles. The molecule has 5 nitrogen and oxygen atoms in total. The number of pyridine rings is 1. The molecule has 0 radical (unpaired) electrons. The molecule has 1 saturated heterocycles. The van der Waals surface area contributed by atoms with Crippen LogP contribution in [0.5, 0.6) is 0 Å². The van der Waals surface area contributed by atoms with Gasteiger partial charge in [-0.1, -0.05) is 6.07 Å². The minimum atomic E-state index is -0.123. The van der Waals surface area contributed by atoms with Crippen LogP contribution in [0.3, 0.4) is 0 Å². The fraction of sp³-hybridized carbons (Fsp3) is 0.400. The number of hydrogen-bond acceptors (Lipinski definition) is 4. The number of nitrogens with one attached hydrogen (secondary N) is 1. The van der Waals surface area contributed by atoms with Crippen molar-refractivity contribution in [3.8, 4) is 0 Å². The topological polar surface area (TPSA) is 65.5 Å². The highest BCUT2D eigenvalue weighted by atomic mass is 16.3. The van der Waals surface area contributed by atoms with E-state index in [2.05, 4.69) is 15.2 Å². The second-order valence-corrected chi connectivity index (χ2v) is 6.74. The highest BCUT2D eigenvalue weighted by Gasteiger charge is 2.22. The van der Waals surface area contributed by atoms with Gasteiger partial charge in [-0.25, -0.2) is 4.98 Å². The van der Waals surface area contributed by atoms with E-state index in [1.54, 1.807) is 6.20 Å². The van der Waals surface area contributed by atoms with Gasteiger partial charge in [0.15, 0.2) is 5.82 Å². The minimum Gasteiger partial charge on any atom is -0.396 e. The number of carbonyl (C=O) groups is 1. The van der Waals surface area contributed by atoms with E-state index in [0.29, 0.717) is 11.5 Å². The van der Waals surface area contributed by atoms with E-state index in [4.69, 9.17) is 0 Å². The third-order valence-electron chi connectivity index (χ3n) is 4.98. The molecule has 2 aromatic rings. The zero-order valence-electron chi connectivity index (χ0n) is 14.8. The molecule has 0 atom stereocenters. The summed E-state index contributed by atoms with van der Waals surface area (Å²) in [5.74, 6) is 1.05. The van der Waals surface area contributed by atoms with Crippen LogP contribution < -0.4 is 10.2 Å². The van der Waals surface area contributed by atoms with Gasteiger partial charge >= 0.3 is 0 Å². The van der Waals surface area contributed by atoms with Crippen LogP contribution in [0, 0.1) is 19.8 Å². The number of piperidine rings is 1. The van der Waals surface area contributed by atoms with E-state index in [1.807, 2.05) is 44.2 Å². The smallest absolute Gasteiger partial charge is 0.255 e. The number of amides is 1. The fourth-order valence-corrected chi connectivity index (χ4v) is 3.15. The van der Waals surface area contributed by atoms with Crippen LogP contribution in [0.1, 0.15) is 34.3 Å². The van der Waals surface area contributed by atoms with Gasteiger partial charge in [0.05, 0.1) is 5.69 Å². The molecular formula is C20H25N3O2. The van der Waals surface area contributed by atoms with Crippen molar-refractivity contribution >= 4 is 17.4 Å². The van der Waals surface area contributed by atoms with Crippen molar-refractivity contribution in [2.45, 2.75) is 26.7 Å². The Morgan fingerprint density at radius 1 is 1.24 bits per heavy atom. The second kappa shape index (κ2) is 7.66. The Morgan fingerprint density at radius 2 is 2.00 bits per heavy atom. The van der Waals surface area contributed by atoms with Crippen molar-refractivity contribution in [3.63, 3.8) is 0 Å². The van der Waals surface area contributed by atoms with Crippen molar-refractivity contribution in [3.05, 3.63) is 53.2 Å². The van der Waals surface area contributed by atoms with Gasteiger partial charge in [-0.3, -0.25) is 4.79 Å². The molecule has 1 aliphatic rings. The van der Waals surface area contributed by atoms with Gasteiger partial charge < -0.3 is 15.3 Å². The number of benzene rings is 1. The van der Waals surface area contributed by atoms with Crippen LogP contribution in [0.4, 0.5) is 11.5 Å². The normalized spacial score (nSPS) is 15.2. The Labute approximate surface area is 148 Å². The first-order valence-electron chi connectivity index (χ1n) is 8.78. The van der Waals surface area contributed by atoms with E-state index in [9.17, 15) is 9.90 Å². The molecule has 25 heavy (non-hydrogen) atoms. The molecule has 0 bridgehead atoms. The summed E-state index contributed by atoms with van der Waals surface area (Å²) in [6.45, 7) is 5.97. The molecule has 1 aromatic heterocycles. The first-order valence-corrected chi connectivity index (χ1v) is 8.78. The predicted molar refractivity (Wildman–Crippen MR) is 100 cm³/mol. The summed E-state index contributed by atoms with van der Waals surface area (Å²) in [6, 6.07) is 9.45. The summed E-state index contributed by atoms with van der Waals surface area (Å²) < 4.78 is 0. The van der Waals surface area contributed by atoms with Crippen molar-refractivity contribution in [2.24, 2.45) is 5.92 Å². The van der Waals surface area contributed by atoms with Crippen molar-refractivity contribution in [2.75, 3.05) is 29.9 Å². The van der Waals surface area contributed by atoms with Gasteiger partial charge in [-0.2, -0.15) is 0 Å². The standard InChI is InChI=1S/C20H25N3O2/c1-14-5-6-17(12-15(14)2)20(25)22-18-4-3-9-21-19(18)23-10-7-16(13-24)8-11-23/h3-6,9,12,16,24H,7-8,10-11,13H2,1-2H3,(H,22,25). The average Bonchev–Trinajstić information content (AvgIpc) is 2.64. The second-order valence-electron chi connectivity index (χ2n) is 6.74. The number of carbonyl (C=O) groups excluding carboxylic acids is 1. The molecule has 2 N–H and O–H groups in total. The average molecular weight is 339 g/mol. The Bertz CT molecular complexity index is 752. The summed E-state index contributed by atoms with van der Waals surface area (Å²) in [6.07, 6.45) is 3.63. The quantitative estimate of drug-likeness (QED) is 0.898. The van der Waals surface area contributed by atoms with Gasteiger partial charge in [-0.15, -0.1) is 0 Å². The molecular weight excluding hydrogens is 314 g/mol. The Morgan fingerprint density at radius 3 is 2.68 bits per heavy atom. The minimum absolute atomic E-state index is 0.123. The molecule has 3 rings (SSSR count). The summed E-state index contributed by atoms with van der Waals surface area (Å²) >= 11 is 0. The Kier molecular flexibility index (Phi) is 5.34. The summed E-state index contributed by atoms with van der Waals surface area (Å²) in [7, 11) is 0. The van der Waals surface area contributed by atoms with Crippen LogP contribution in [0.25, 0.3) is 0 Å². The monoisotopic (exact) mass is 339 g/mol. The Balaban J connectivity index is 1.77. The maximum absolute atomic E-state index is 12.6. The maximum Gasteiger partial charge on any atom is 0.255 e. The first kappa shape index (κ1) is 17.4. The lowest BCUT2D eigenvalue weighted by Crippen LogP contribution is -2.35. The summed E-state index contributed by atoms with van der Waals surface area (Å²) in [4.78, 5) is 19.3. The summed E-state index contributed by atoms with van der Waals surface area (Å²) in [5, 5.41) is 12.3. The zero-order valence-corrected chi connectivity index (χ0v) is 14.8. The lowest BCUT2D eigenvalue weighted by Gasteiger charge is -2.33. The number of aliphatic hydroxyl groups is 1. The molecule has 1 fully saturated rings. The number of aliphatic hydroxyl groups excluding tert-OH is 1. The number of aryl methyl sites for hydroxylation is 2. The van der Waals surface area contributed by atoms with E-state index in [1.165, 1.54) is 5.56 Å². The van der Waals surface area contributed by atoms with Gasteiger partial charge in [0.1, 0.15) is 0 Å². The molecule has 0 aliphatic carbocycles. The van der Waals surface area contributed by atoms with E-state index < -0.39 is 0 Å². The van der Waals surface area contributed by atoms with Crippen LogP contribution in [-0.4, -0.2) is 35.7 Å². The molecule has 0 spiro atoms. The molecule has 1 aromatic carbocycles. The highest BCUT2D eigenvalue weighted by Crippen LogP contribution is 2.28. The number of nitrogens with zero attached hydrogens (tertiary/aromatic N) is 2. The van der Waals surface area contributed by atoms with E-state index in [0.717, 1.165) is 43.0 Å². The van der Waals surface area contributed by atoms with Crippen LogP contribution >= 0.6 is 0 Å². The van der Waals surface area contributed by atoms with Crippen molar-refractivity contribution < 1.29 is 9.90 Å². The molecule has 1 aliphatic heterocycles. The van der Waals surface area contributed by atoms with Crippen molar-refractivity contribution in [1.82, 2.24) is 4.98 Å². The van der Waals surface area contributed by atoms with E-state index in [-0.39, 0.29) is 12.5 Å². The lowest BCUT2D eigenvalue weighted by atomic mass is 9.98. The van der Waals surface area contributed by atoms with Crippen LogP contribution in [-0.2, 0) is 0 Å². The van der Waals surface area contributed by atoms with Crippen LogP contribution in [0.2, 0.25) is 0 Å². The predicted octanol–water partition coefficient (Wildman–Crippen LogP) is 3.16. The first-order chi connectivity index (χ1) is 12.1. The van der Waals surface area contributed by atoms with E-state index >= 15 is 0 Å². The van der Waals surface area contributed by atoms with Gasteiger partial charge in [0, 0.05) is 31.5 Å². The fourth-order valence-electron chi connectivity index (χ4n) is 3.15. The number of rotatable bonds is 4. The molecule has 0 unspecified atom stereocenters. The number of anilines is 2. The number of hydrogen-bond donors (Lipinski definition) is 2. The largest absolute Gasteiger partial charge is 0.396 e. The van der Waals surface area contributed by atoms with Gasteiger partial charge in [0.25, 0.3) is 5.91 Å². The molecule has 0 saturated carbocycles. The van der Waals surface area contributed by atoms with Gasteiger partial charge in [-0.05, 0) is 68.0 Å².